The minimum Gasteiger partial charge on any atom is -0.492 e. The molecule has 0 unspecified atom stereocenters. The van der Waals surface area contributed by atoms with Crippen LogP contribution in [-0.4, -0.2) is 18.6 Å². The Morgan fingerprint density at radius 1 is 1.35 bits per heavy atom. The van der Waals surface area contributed by atoms with Crippen LogP contribution in [0.3, 0.4) is 0 Å². The lowest BCUT2D eigenvalue weighted by atomic mass is 10.1. The largest absolute Gasteiger partial charge is 0.492 e. The van der Waals surface area contributed by atoms with Gasteiger partial charge in [0.15, 0.2) is 0 Å². The third kappa shape index (κ3) is 3.28. The van der Waals surface area contributed by atoms with E-state index in [1.54, 1.807) is 6.07 Å². The van der Waals surface area contributed by atoms with Crippen molar-refractivity contribution in [3.63, 3.8) is 0 Å². The second kappa shape index (κ2) is 6.28. The summed E-state index contributed by atoms with van der Waals surface area (Å²) in [7, 11) is 0. The number of halogens is 1. The van der Waals surface area contributed by atoms with Gasteiger partial charge in [0.05, 0.1) is 12.3 Å². The third-order valence-corrected chi connectivity index (χ3v) is 3.65. The summed E-state index contributed by atoms with van der Waals surface area (Å²) in [6.07, 6.45) is 0.934. The Bertz CT molecular complexity index is 728. The standard InChI is InChI=1S/C18H18FNO3/c1-3-22-17-9-13-8-11(2)23-16(13)10-15(17)20-18(21)12-4-6-14(19)7-5-12/h4-7,9-11H,3,8H2,1-2H3,(H,20,21)/t11-/m0/s1. The van der Waals surface area contributed by atoms with Gasteiger partial charge in [-0.3, -0.25) is 4.79 Å². The van der Waals surface area contributed by atoms with Crippen molar-refractivity contribution in [2.24, 2.45) is 0 Å². The average Bonchev–Trinajstić information content (AvgIpc) is 2.87. The summed E-state index contributed by atoms with van der Waals surface area (Å²) in [5.74, 6) is 0.670. The molecule has 1 heterocycles. The SMILES string of the molecule is CCOc1cc2c(cc1NC(=O)c1ccc(F)cc1)O[C@@H](C)C2. The van der Waals surface area contributed by atoms with Gasteiger partial charge in [0.2, 0.25) is 0 Å². The zero-order valence-electron chi connectivity index (χ0n) is 13.1. The molecule has 0 spiro atoms. The van der Waals surface area contributed by atoms with Crippen LogP contribution in [0.2, 0.25) is 0 Å². The average molecular weight is 315 g/mol. The topological polar surface area (TPSA) is 47.6 Å². The molecular formula is C18H18FNO3. The van der Waals surface area contributed by atoms with Gasteiger partial charge in [-0.25, -0.2) is 4.39 Å². The van der Waals surface area contributed by atoms with E-state index in [9.17, 15) is 9.18 Å². The van der Waals surface area contributed by atoms with Crippen molar-refractivity contribution in [2.45, 2.75) is 26.4 Å². The van der Waals surface area contributed by atoms with Crippen LogP contribution in [0.5, 0.6) is 11.5 Å². The fourth-order valence-corrected chi connectivity index (χ4v) is 2.61. The molecule has 2 aromatic carbocycles. The van der Waals surface area contributed by atoms with Gasteiger partial charge in [-0.15, -0.1) is 0 Å². The van der Waals surface area contributed by atoms with E-state index in [4.69, 9.17) is 9.47 Å². The van der Waals surface area contributed by atoms with Crippen molar-refractivity contribution < 1.29 is 18.7 Å². The van der Waals surface area contributed by atoms with Gasteiger partial charge in [-0.2, -0.15) is 0 Å². The van der Waals surface area contributed by atoms with Crippen LogP contribution < -0.4 is 14.8 Å². The number of fused-ring (bicyclic) bond motifs is 1. The smallest absolute Gasteiger partial charge is 0.255 e. The first-order valence-electron chi connectivity index (χ1n) is 7.60. The number of anilines is 1. The van der Waals surface area contributed by atoms with Gasteiger partial charge in [-0.05, 0) is 44.2 Å². The molecule has 0 saturated carbocycles. The second-order valence-corrected chi connectivity index (χ2v) is 5.48. The molecule has 0 aromatic heterocycles. The maximum Gasteiger partial charge on any atom is 0.255 e. The number of amides is 1. The fourth-order valence-electron chi connectivity index (χ4n) is 2.61. The number of hydrogen-bond acceptors (Lipinski definition) is 3. The molecule has 120 valence electrons. The fraction of sp³-hybridized carbons (Fsp3) is 0.278. The van der Waals surface area contributed by atoms with Crippen molar-refractivity contribution in [1.82, 2.24) is 0 Å². The van der Waals surface area contributed by atoms with Crippen molar-refractivity contribution in [3.8, 4) is 11.5 Å². The minimum atomic E-state index is -0.378. The Morgan fingerprint density at radius 3 is 2.78 bits per heavy atom. The predicted molar refractivity (Wildman–Crippen MR) is 85.8 cm³/mol. The lowest BCUT2D eigenvalue weighted by molar-refractivity contribution is 0.102. The molecule has 23 heavy (non-hydrogen) atoms. The van der Waals surface area contributed by atoms with Crippen LogP contribution in [-0.2, 0) is 6.42 Å². The highest BCUT2D eigenvalue weighted by molar-refractivity contribution is 6.05. The summed E-state index contributed by atoms with van der Waals surface area (Å²) in [6, 6.07) is 9.08. The molecule has 0 aliphatic carbocycles. The van der Waals surface area contributed by atoms with E-state index in [0.717, 1.165) is 17.7 Å². The third-order valence-electron chi connectivity index (χ3n) is 3.65. The number of benzene rings is 2. The lowest BCUT2D eigenvalue weighted by Crippen LogP contribution is -2.13. The molecule has 1 atom stereocenters. The zero-order chi connectivity index (χ0) is 16.4. The van der Waals surface area contributed by atoms with Crippen LogP contribution in [0.25, 0.3) is 0 Å². The first-order chi connectivity index (χ1) is 11.1. The Kier molecular flexibility index (Phi) is 4.19. The molecule has 1 aliphatic rings. The van der Waals surface area contributed by atoms with Crippen LogP contribution >= 0.6 is 0 Å². The summed E-state index contributed by atoms with van der Waals surface area (Å²) >= 11 is 0. The molecule has 2 aromatic rings. The highest BCUT2D eigenvalue weighted by atomic mass is 19.1. The summed E-state index contributed by atoms with van der Waals surface area (Å²) in [6.45, 7) is 4.38. The van der Waals surface area contributed by atoms with Gasteiger partial charge in [0.25, 0.3) is 5.91 Å². The molecule has 5 heteroatoms. The van der Waals surface area contributed by atoms with Crippen molar-refractivity contribution in [1.29, 1.82) is 0 Å². The van der Waals surface area contributed by atoms with E-state index in [0.29, 0.717) is 23.6 Å². The van der Waals surface area contributed by atoms with Crippen LogP contribution in [0.4, 0.5) is 10.1 Å². The zero-order valence-corrected chi connectivity index (χ0v) is 13.1. The molecule has 0 radical (unpaired) electrons. The number of nitrogens with one attached hydrogen (secondary N) is 1. The van der Waals surface area contributed by atoms with Gasteiger partial charge >= 0.3 is 0 Å². The number of carbonyl (C=O) groups excluding carboxylic acids is 1. The molecule has 0 saturated heterocycles. The van der Waals surface area contributed by atoms with Crippen LogP contribution in [0, 0.1) is 5.82 Å². The number of carbonyl (C=O) groups is 1. The van der Waals surface area contributed by atoms with Gasteiger partial charge in [-0.1, -0.05) is 0 Å². The highest BCUT2D eigenvalue weighted by Crippen LogP contribution is 2.38. The maximum atomic E-state index is 13.0. The normalized spacial score (nSPS) is 15.7. The number of rotatable bonds is 4. The van der Waals surface area contributed by atoms with Crippen molar-refractivity contribution in [3.05, 3.63) is 53.3 Å². The minimum absolute atomic E-state index is 0.113. The van der Waals surface area contributed by atoms with E-state index in [1.807, 2.05) is 19.9 Å². The Balaban J connectivity index is 1.88. The number of hydrogen-bond donors (Lipinski definition) is 1. The van der Waals surface area contributed by atoms with Crippen molar-refractivity contribution in [2.75, 3.05) is 11.9 Å². The quantitative estimate of drug-likeness (QED) is 0.933. The summed E-state index contributed by atoms with van der Waals surface area (Å²) in [5, 5.41) is 2.81. The first-order valence-corrected chi connectivity index (χ1v) is 7.60. The van der Waals surface area contributed by atoms with Crippen molar-refractivity contribution >= 4 is 11.6 Å². The maximum absolute atomic E-state index is 13.0. The van der Waals surface area contributed by atoms with Gasteiger partial charge in [0, 0.05) is 23.6 Å². The monoisotopic (exact) mass is 315 g/mol. The second-order valence-electron chi connectivity index (χ2n) is 5.48. The van der Waals surface area contributed by atoms with E-state index in [1.165, 1.54) is 24.3 Å². The Hall–Kier alpha value is -2.56. The van der Waals surface area contributed by atoms with E-state index < -0.39 is 0 Å². The van der Waals surface area contributed by atoms with Crippen LogP contribution in [0.1, 0.15) is 29.8 Å². The molecule has 0 bridgehead atoms. The van der Waals surface area contributed by atoms with E-state index in [2.05, 4.69) is 5.32 Å². The van der Waals surface area contributed by atoms with Crippen LogP contribution in [0.15, 0.2) is 36.4 Å². The Labute approximate surface area is 134 Å². The predicted octanol–water partition coefficient (Wildman–Crippen LogP) is 3.80. The lowest BCUT2D eigenvalue weighted by Gasteiger charge is -2.13. The molecular weight excluding hydrogens is 297 g/mol. The summed E-state index contributed by atoms with van der Waals surface area (Å²) in [4.78, 5) is 12.3. The molecule has 1 N–H and O–H groups in total. The Morgan fingerprint density at radius 2 is 2.09 bits per heavy atom. The van der Waals surface area contributed by atoms with E-state index >= 15 is 0 Å². The summed E-state index contributed by atoms with van der Waals surface area (Å²) in [5.41, 5.74) is 2.00. The molecule has 0 fully saturated rings. The molecule has 1 amide bonds. The van der Waals surface area contributed by atoms with Gasteiger partial charge in [0.1, 0.15) is 23.4 Å². The van der Waals surface area contributed by atoms with E-state index in [-0.39, 0.29) is 17.8 Å². The molecule has 4 nitrogen and oxygen atoms in total. The molecule has 1 aliphatic heterocycles. The van der Waals surface area contributed by atoms with Gasteiger partial charge < -0.3 is 14.8 Å². The first kappa shape index (κ1) is 15.3. The highest BCUT2D eigenvalue weighted by Gasteiger charge is 2.22. The number of ether oxygens (including phenoxy) is 2. The summed E-state index contributed by atoms with van der Waals surface area (Å²) < 4.78 is 24.3. The molecule has 3 rings (SSSR count).